The van der Waals surface area contributed by atoms with Gasteiger partial charge in [-0.3, -0.25) is 0 Å². The Balaban J connectivity index is 0.000000394. The van der Waals surface area contributed by atoms with E-state index >= 15 is 0 Å². The van der Waals surface area contributed by atoms with Crippen LogP contribution in [0.1, 0.15) is 34.3 Å². The van der Waals surface area contributed by atoms with Crippen molar-refractivity contribution in [2.45, 2.75) is 25.9 Å². The number of benzene rings is 3. The van der Waals surface area contributed by atoms with Gasteiger partial charge in [0.1, 0.15) is 0 Å². The van der Waals surface area contributed by atoms with E-state index in [-0.39, 0.29) is 19.5 Å². The molecule has 3 N–H and O–H groups in total. The minimum absolute atomic E-state index is 0. The average molecular weight is 498 g/mol. The smallest absolute Gasteiger partial charge is 0.209 e. The Kier molecular flexibility index (Phi) is 10.4. The molecule has 0 aliphatic rings. The van der Waals surface area contributed by atoms with E-state index in [0.29, 0.717) is 0 Å². The second-order valence-electron chi connectivity index (χ2n) is 6.87. The van der Waals surface area contributed by atoms with Crippen LogP contribution in [-0.2, 0) is 29.5 Å². The molecule has 0 aromatic heterocycles. The first-order chi connectivity index (χ1) is 13.3. The first kappa shape index (κ1) is 25.2. The van der Waals surface area contributed by atoms with Crippen LogP contribution in [-0.4, -0.2) is 14.7 Å². The quantitative estimate of drug-likeness (QED) is 0.517. The Labute approximate surface area is 187 Å². The Morgan fingerprint density at radius 1 is 0.759 bits per heavy atom. The Morgan fingerprint density at radius 2 is 1.21 bits per heavy atom. The Bertz CT molecular complexity index is 947. The first-order valence-electron chi connectivity index (χ1n) is 9.12. The zero-order valence-electron chi connectivity index (χ0n) is 16.9. The Hall–Kier alpha value is -1.85. The number of rotatable bonds is 5. The summed E-state index contributed by atoms with van der Waals surface area (Å²) in [6, 6.07) is 26.3. The maximum Gasteiger partial charge on any atom is 0.209 e. The molecular formula is C23H28N2O2RuS. The summed E-state index contributed by atoms with van der Waals surface area (Å²) < 4.78 is 25.8. The summed E-state index contributed by atoms with van der Waals surface area (Å²) in [5, 5.41) is 0. The third-order valence-corrected chi connectivity index (χ3v) is 4.90. The van der Waals surface area contributed by atoms with Gasteiger partial charge >= 0.3 is 0 Å². The van der Waals surface area contributed by atoms with E-state index in [9.17, 15) is 8.42 Å². The van der Waals surface area contributed by atoms with Gasteiger partial charge in [0.25, 0.3) is 0 Å². The van der Waals surface area contributed by atoms with Crippen LogP contribution >= 0.6 is 0 Å². The molecule has 0 bridgehead atoms. The molecule has 0 aliphatic carbocycles. The average Bonchev–Trinajstić information content (AvgIpc) is 2.67. The maximum atomic E-state index is 11.6. The van der Waals surface area contributed by atoms with E-state index in [1.165, 1.54) is 11.1 Å². The van der Waals surface area contributed by atoms with Crippen LogP contribution in [0.25, 0.3) is 0 Å². The minimum atomic E-state index is -3.35. The van der Waals surface area contributed by atoms with E-state index in [0.717, 1.165) is 17.4 Å². The molecule has 0 aliphatic heterocycles. The molecule has 0 saturated carbocycles. The molecule has 0 amide bonds. The van der Waals surface area contributed by atoms with Crippen LogP contribution in [0.4, 0.5) is 0 Å². The second kappa shape index (κ2) is 12.0. The SMILES string of the molecule is CS(=O)(=O)N[C@H](c1ccccc1)[C@H](N)c1ccccc1.Cc1cccc(C)c1.[Ru]. The van der Waals surface area contributed by atoms with E-state index in [1.807, 2.05) is 60.7 Å². The fourth-order valence-corrected chi connectivity index (χ4v) is 3.66. The van der Waals surface area contributed by atoms with Crippen LogP contribution in [0.2, 0.25) is 0 Å². The van der Waals surface area contributed by atoms with Gasteiger partial charge in [0.05, 0.1) is 18.3 Å². The van der Waals surface area contributed by atoms with Crippen molar-refractivity contribution >= 4 is 10.0 Å². The van der Waals surface area contributed by atoms with Gasteiger partial charge in [0.2, 0.25) is 10.0 Å². The van der Waals surface area contributed by atoms with Crippen molar-refractivity contribution in [3.05, 3.63) is 107 Å². The topological polar surface area (TPSA) is 72.2 Å². The van der Waals surface area contributed by atoms with Gasteiger partial charge in [0.15, 0.2) is 0 Å². The molecule has 2 atom stereocenters. The van der Waals surface area contributed by atoms with Crippen molar-refractivity contribution in [3.8, 4) is 0 Å². The third kappa shape index (κ3) is 9.01. The van der Waals surface area contributed by atoms with Gasteiger partial charge < -0.3 is 5.73 Å². The summed E-state index contributed by atoms with van der Waals surface area (Å²) in [5.41, 5.74) is 10.7. The van der Waals surface area contributed by atoms with Crippen molar-refractivity contribution in [3.63, 3.8) is 0 Å². The van der Waals surface area contributed by atoms with Crippen molar-refractivity contribution in [2.75, 3.05) is 6.26 Å². The van der Waals surface area contributed by atoms with Gasteiger partial charge in [-0.15, -0.1) is 0 Å². The van der Waals surface area contributed by atoms with Crippen LogP contribution in [0.15, 0.2) is 84.9 Å². The first-order valence-corrected chi connectivity index (χ1v) is 11.0. The monoisotopic (exact) mass is 498 g/mol. The second-order valence-corrected chi connectivity index (χ2v) is 8.65. The maximum absolute atomic E-state index is 11.6. The molecule has 3 aromatic rings. The van der Waals surface area contributed by atoms with Gasteiger partial charge in [-0.05, 0) is 25.0 Å². The number of nitrogens with one attached hydrogen (secondary N) is 1. The normalized spacial score (nSPS) is 12.7. The third-order valence-electron chi connectivity index (χ3n) is 4.22. The van der Waals surface area contributed by atoms with Gasteiger partial charge in [0, 0.05) is 19.5 Å². The zero-order valence-corrected chi connectivity index (χ0v) is 19.4. The molecule has 156 valence electrons. The number of aryl methyl sites for hydroxylation is 2. The van der Waals surface area contributed by atoms with E-state index < -0.39 is 22.1 Å². The minimum Gasteiger partial charge on any atom is -0.322 e. The molecule has 29 heavy (non-hydrogen) atoms. The summed E-state index contributed by atoms with van der Waals surface area (Å²) in [4.78, 5) is 0. The van der Waals surface area contributed by atoms with Crippen molar-refractivity contribution in [1.82, 2.24) is 4.72 Å². The molecule has 6 heteroatoms. The van der Waals surface area contributed by atoms with Crippen LogP contribution < -0.4 is 10.5 Å². The molecule has 0 heterocycles. The summed E-state index contributed by atoms with van der Waals surface area (Å²) in [6.07, 6.45) is 1.14. The van der Waals surface area contributed by atoms with Crippen molar-refractivity contribution in [1.29, 1.82) is 0 Å². The summed E-state index contributed by atoms with van der Waals surface area (Å²) >= 11 is 0. The molecule has 3 rings (SSSR count). The number of sulfonamides is 1. The Morgan fingerprint density at radius 3 is 1.59 bits per heavy atom. The summed E-state index contributed by atoms with van der Waals surface area (Å²) in [7, 11) is -3.35. The summed E-state index contributed by atoms with van der Waals surface area (Å²) in [5.74, 6) is 0. The summed E-state index contributed by atoms with van der Waals surface area (Å²) in [6.45, 7) is 4.21. The zero-order chi connectivity index (χ0) is 20.6. The fraction of sp³-hybridized carbons (Fsp3) is 0.217. The van der Waals surface area contributed by atoms with Crippen molar-refractivity contribution in [2.24, 2.45) is 5.73 Å². The van der Waals surface area contributed by atoms with Gasteiger partial charge in [-0.1, -0.05) is 96.1 Å². The van der Waals surface area contributed by atoms with E-state index in [2.05, 4.69) is 42.8 Å². The van der Waals surface area contributed by atoms with Gasteiger partial charge in [-0.2, -0.15) is 0 Å². The number of nitrogens with two attached hydrogens (primary N) is 1. The predicted octanol–water partition coefficient (Wildman–Crippen LogP) is 4.28. The standard InChI is InChI=1S/C15H18N2O2S.C8H10.Ru/c1-20(18,19)17-15(13-10-6-3-7-11-13)14(16)12-8-4-2-5-9-12;1-7-4-3-5-8(2)6-7;/h2-11,14-15,17H,16H2,1H3;3-6H,1-2H3;/t14-,15-;;/m1../s1. The number of hydrogen-bond acceptors (Lipinski definition) is 3. The molecule has 3 aromatic carbocycles. The van der Waals surface area contributed by atoms with E-state index in [1.54, 1.807) is 0 Å². The molecule has 4 nitrogen and oxygen atoms in total. The van der Waals surface area contributed by atoms with Crippen LogP contribution in [0, 0.1) is 13.8 Å². The van der Waals surface area contributed by atoms with Crippen LogP contribution in [0.3, 0.4) is 0 Å². The van der Waals surface area contributed by atoms with Crippen LogP contribution in [0.5, 0.6) is 0 Å². The van der Waals surface area contributed by atoms with Crippen molar-refractivity contribution < 1.29 is 27.9 Å². The fourth-order valence-electron chi connectivity index (χ4n) is 2.91. The molecule has 0 saturated heterocycles. The largest absolute Gasteiger partial charge is 0.322 e. The number of hydrogen-bond donors (Lipinski definition) is 2. The molecule has 0 spiro atoms. The molecule has 0 fully saturated rings. The van der Waals surface area contributed by atoms with E-state index in [4.69, 9.17) is 5.73 Å². The van der Waals surface area contributed by atoms with Gasteiger partial charge in [-0.25, -0.2) is 13.1 Å². The molecule has 0 unspecified atom stereocenters. The molecule has 0 radical (unpaired) electrons. The molecular weight excluding hydrogens is 469 g/mol. The predicted molar refractivity (Wildman–Crippen MR) is 116 cm³/mol.